The minimum Gasteiger partial charge on any atom is -0.511 e. The van der Waals surface area contributed by atoms with E-state index >= 15 is 0 Å². The zero-order chi connectivity index (χ0) is 94.6. The Morgan fingerprint density at radius 1 is 0.346 bits per heavy atom. The van der Waals surface area contributed by atoms with Gasteiger partial charge in [0.1, 0.15) is 30.4 Å². The van der Waals surface area contributed by atoms with Crippen LogP contribution in [0.1, 0.15) is 180 Å². The topological polar surface area (TPSA) is 419 Å². The molecule has 32 nitrogen and oxygen atoms in total. The van der Waals surface area contributed by atoms with Gasteiger partial charge in [0.05, 0.1) is 75.5 Å². The molecule has 5 amide bonds. The van der Waals surface area contributed by atoms with Crippen LogP contribution < -0.4 is 26.6 Å². The van der Waals surface area contributed by atoms with Crippen molar-refractivity contribution in [3.05, 3.63) is 213 Å². The van der Waals surface area contributed by atoms with Crippen molar-refractivity contribution < 1.29 is 83.1 Å². The van der Waals surface area contributed by atoms with Gasteiger partial charge in [-0.25, -0.2) is 24.9 Å². The number of esters is 2. The zero-order valence-electron chi connectivity index (χ0n) is 77.0. The maximum atomic E-state index is 12.7. The first-order chi connectivity index (χ1) is 62.1. The number of methoxy groups -OCH3 is 2. The van der Waals surface area contributed by atoms with Crippen molar-refractivity contribution in [1.29, 1.82) is 0 Å². The summed E-state index contributed by atoms with van der Waals surface area (Å²) in [5, 5.41) is 82.2. The first kappa shape index (κ1) is 101. The molecule has 13 rings (SSSR count). The Kier molecular flexibility index (Phi) is 37.4. The standard InChI is InChI=1S/C22H29N3O3.C21H27N3O3.C20H25N3O3.C18H23N3O4.C17H21N3O4/c1-4-28-16(3)13-23-22(27)20-21(26)17-9-8-15(2)12-18(17)19(24-20)14-25-10-6-5-7-11-25;1-14-7-8-16-17(11-14)18(13-24-9-5-4-6-10-24)23-19(20(16)25)21(26)22-12-15(2)27-3;1-13-6-7-15-16(10-13)17(12-23-8-4-3-5-9-23)22-18(19(15)25)20(26)21-11-14(2)24;1-5-25-15(22)9-19-18(24)16-17(23)12-7-6-11(2)8-13(12)14(20-16)10-21(3)4;1-10-5-6-11-12(7-10)13(9-20(2)3)19-15(16(11)22)17(23)18-8-14(21)24-4/h8-9,12,26H,3-7,10-11,13-14H2,1-2H3,(H,23,27);7-8,11,25H,2,4-6,9-10,12-13H2,1,3H3,(H,22,26);6-7,10,24-25H,2-5,8-9,11-12H2,1H3,(H,21,26);6-8,23H,5,9-10H2,1-4H3,(H,19,24);5-7,22H,8-9H2,1-4H3,(H,18,23). The van der Waals surface area contributed by atoms with E-state index < -0.39 is 41.5 Å². The number of rotatable bonds is 29. The Labute approximate surface area is 758 Å². The van der Waals surface area contributed by atoms with Crippen LogP contribution in [0.15, 0.2) is 128 Å². The highest BCUT2D eigenvalue weighted by molar-refractivity contribution is 6.07. The number of aliphatic hydroxyl groups excluding tert-OH is 1. The molecule has 0 aliphatic carbocycles. The average Bonchev–Trinajstić information content (AvgIpc) is 0.793. The van der Waals surface area contributed by atoms with Gasteiger partial charge in [0.2, 0.25) is 0 Å². The fraction of sp³-hybridized carbons (Fsp3) is 0.408. The largest absolute Gasteiger partial charge is 0.511 e. The first-order valence-electron chi connectivity index (χ1n) is 43.7. The number of benzene rings is 5. The molecule has 0 spiro atoms. The summed E-state index contributed by atoms with van der Waals surface area (Å²) in [5.41, 5.74) is 9.01. The number of nitrogens with one attached hydrogen (secondary N) is 5. The van der Waals surface area contributed by atoms with E-state index in [9.17, 15) is 64.2 Å². The number of hydrogen-bond donors (Lipinski definition) is 11. The number of likely N-dealkylation sites (tertiary alicyclic amines) is 3. The summed E-state index contributed by atoms with van der Waals surface area (Å²) in [4.78, 5) is 118. The number of ether oxygens (including phenoxy) is 4. The molecule has 3 fully saturated rings. The van der Waals surface area contributed by atoms with E-state index in [4.69, 9.17) is 14.2 Å². The normalized spacial score (nSPS) is 13.4. The minimum absolute atomic E-state index is 0.0189. The minimum atomic E-state index is -0.625. The van der Waals surface area contributed by atoms with Gasteiger partial charge < -0.3 is 86.0 Å². The molecule has 0 unspecified atom stereocenters. The number of pyridine rings is 5. The lowest BCUT2D eigenvalue weighted by atomic mass is 10.0. The predicted molar refractivity (Wildman–Crippen MR) is 502 cm³/mol. The molecule has 3 aliphatic heterocycles. The van der Waals surface area contributed by atoms with E-state index in [0.29, 0.717) is 89.2 Å². The third-order valence-electron chi connectivity index (χ3n) is 21.8. The van der Waals surface area contributed by atoms with Crippen LogP contribution >= 0.6 is 0 Å². The number of aromatic nitrogens is 5. The molecule has 10 aromatic rings. The van der Waals surface area contributed by atoms with Crippen molar-refractivity contribution in [3.8, 4) is 28.7 Å². The summed E-state index contributed by atoms with van der Waals surface area (Å²) in [6, 6.07) is 28.5. The van der Waals surface area contributed by atoms with Crippen molar-refractivity contribution in [3.63, 3.8) is 0 Å². The molecule has 5 aromatic heterocycles. The fourth-order valence-corrected chi connectivity index (χ4v) is 15.3. The smallest absolute Gasteiger partial charge is 0.325 e. The van der Waals surface area contributed by atoms with Gasteiger partial charge in [-0.2, -0.15) is 0 Å². The number of hydrogen-bond acceptors (Lipinski definition) is 27. The van der Waals surface area contributed by atoms with Crippen molar-refractivity contribution in [2.24, 2.45) is 0 Å². The number of carbonyl (C=O) groups excluding carboxylic acids is 7. The first-order valence-corrected chi connectivity index (χ1v) is 43.7. The second kappa shape index (κ2) is 48.3. The van der Waals surface area contributed by atoms with E-state index in [2.05, 4.69) is 90.7 Å². The van der Waals surface area contributed by atoms with E-state index in [1.54, 1.807) is 19.1 Å². The monoisotopic (exact) mass is 1780 g/mol. The van der Waals surface area contributed by atoms with E-state index in [-0.39, 0.29) is 102 Å². The predicted octanol–water partition coefficient (Wildman–Crippen LogP) is 12.5. The SMILES string of the molecule is C=C(CNC(=O)c1nc(CN2CCCCC2)c2cc(C)ccc2c1O)OC.C=C(CNC(=O)c1nc(CN2CCCCC2)c2cc(C)ccc2c1O)OCC.C=C(O)CNC(=O)c1nc(CN2CCCCC2)c2cc(C)ccc2c1O.CCOC(=O)CNC(=O)c1nc(CN(C)C)c2cc(C)ccc2c1O.COC(=O)CNC(=O)c1nc(CN(C)C)c2cc(C)ccc2c1O. The van der Waals surface area contributed by atoms with Crippen LogP contribution in [0.4, 0.5) is 0 Å². The van der Waals surface area contributed by atoms with Gasteiger partial charge >= 0.3 is 11.9 Å². The van der Waals surface area contributed by atoms with Crippen LogP contribution in [-0.4, -0.2) is 249 Å². The van der Waals surface area contributed by atoms with Crippen LogP contribution in [0, 0.1) is 34.6 Å². The second-order valence-electron chi connectivity index (χ2n) is 33.1. The number of fused-ring (bicyclic) bond motifs is 5. The average molecular weight is 1790 g/mol. The quantitative estimate of drug-likeness (QED) is 0.0153. The molecular weight excluding hydrogens is 1660 g/mol. The molecule has 11 N–H and O–H groups in total. The number of carbonyl (C=O) groups is 7. The third kappa shape index (κ3) is 27.9. The van der Waals surface area contributed by atoms with Gasteiger partial charge in [-0.1, -0.05) is 127 Å². The lowest BCUT2D eigenvalue weighted by molar-refractivity contribution is -0.142. The van der Waals surface area contributed by atoms with E-state index in [0.717, 1.165) is 111 Å². The molecule has 694 valence electrons. The molecule has 0 radical (unpaired) electrons. The van der Waals surface area contributed by atoms with Crippen molar-refractivity contribution >= 4 is 95.3 Å². The number of aliphatic hydroxyl groups is 1. The summed E-state index contributed by atoms with van der Waals surface area (Å²) in [5.74, 6) is -3.70. The van der Waals surface area contributed by atoms with Crippen LogP contribution in [0.3, 0.4) is 0 Å². The summed E-state index contributed by atoms with van der Waals surface area (Å²) in [7, 11) is 10.3. The number of nitrogens with zero attached hydrogens (tertiary/aromatic N) is 10. The summed E-state index contributed by atoms with van der Waals surface area (Å²) in [6.07, 6.45) is 10.8. The van der Waals surface area contributed by atoms with Crippen molar-refractivity contribution in [1.82, 2.24) is 76.0 Å². The Balaban J connectivity index is 0.000000183. The Hall–Kier alpha value is -13.1. The molecule has 0 bridgehead atoms. The van der Waals surface area contributed by atoms with Crippen molar-refractivity contribution in [2.75, 3.05) is 128 Å². The molecule has 5 aromatic carbocycles. The number of amides is 5. The summed E-state index contributed by atoms with van der Waals surface area (Å²) < 4.78 is 19.5. The Morgan fingerprint density at radius 2 is 0.600 bits per heavy atom. The van der Waals surface area contributed by atoms with Gasteiger partial charge in [-0.3, -0.25) is 48.3 Å². The number of aryl methyl sites for hydroxylation is 5. The molecule has 3 saturated heterocycles. The highest BCUT2D eigenvalue weighted by atomic mass is 16.5. The lowest BCUT2D eigenvalue weighted by Crippen LogP contribution is -2.31. The molecule has 8 heterocycles. The van der Waals surface area contributed by atoms with Crippen LogP contribution in [0.5, 0.6) is 28.7 Å². The van der Waals surface area contributed by atoms with Gasteiger partial charge in [-0.15, -0.1) is 0 Å². The van der Waals surface area contributed by atoms with E-state index in [1.165, 1.54) is 72.0 Å². The van der Waals surface area contributed by atoms with Gasteiger partial charge in [0, 0.05) is 86.6 Å². The lowest BCUT2D eigenvalue weighted by Gasteiger charge is -2.26. The maximum Gasteiger partial charge on any atom is 0.325 e. The maximum absolute atomic E-state index is 12.7. The van der Waals surface area contributed by atoms with Crippen LogP contribution in [-0.2, 0) is 61.3 Å². The Morgan fingerprint density at radius 3 is 0.862 bits per heavy atom. The zero-order valence-corrected chi connectivity index (χ0v) is 77.0. The van der Waals surface area contributed by atoms with Gasteiger partial charge in [0.25, 0.3) is 29.5 Å². The molecular formula is C98H125N15O17. The third-order valence-corrected chi connectivity index (χ3v) is 21.8. The highest BCUT2D eigenvalue weighted by Crippen LogP contribution is 2.38. The van der Waals surface area contributed by atoms with Gasteiger partial charge in [-0.05, 0) is 185 Å². The molecule has 130 heavy (non-hydrogen) atoms. The van der Waals surface area contributed by atoms with Crippen molar-refractivity contribution in [2.45, 2.75) is 139 Å². The number of aromatic hydroxyl groups is 5. The molecule has 0 saturated carbocycles. The highest BCUT2D eigenvalue weighted by Gasteiger charge is 2.28. The van der Waals surface area contributed by atoms with Crippen LogP contribution in [0.25, 0.3) is 53.9 Å². The fourth-order valence-electron chi connectivity index (χ4n) is 15.3. The Bertz CT molecular complexity index is 5780. The summed E-state index contributed by atoms with van der Waals surface area (Å²) >= 11 is 0. The number of piperidine rings is 3. The molecule has 0 atom stereocenters. The van der Waals surface area contributed by atoms with Crippen LogP contribution in [0.2, 0.25) is 0 Å². The van der Waals surface area contributed by atoms with E-state index in [1.807, 2.05) is 158 Å². The van der Waals surface area contributed by atoms with Gasteiger partial charge in [0.15, 0.2) is 57.2 Å². The second-order valence-corrected chi connectivity index (χ2v) is 33.1. The molecule has 3 aliphatic rings. The summed E-state index contributed by atoms with van der Waals surface area (Å²) in [6.45, 7) is 33.9. The molecule has 32 heteroatoms.